The van der Waals surface area contributed by atoms with E-state index in [2.05, 4.69) is 136 Å². The first-order chi connectivity index (χ1) is 32.2. The molecule has 7 nitrogen and oxygen atoms in total. The highest BCUT2D eigenvalue weighted by molar-refractivity contribution is 8.00. The Hall–Kier alpha value is -6.67. The average molecular weight is 948 g/mol. The highest BCUT2D eigenvalue weighted by atomic mass is 32.2. The van der Waals surface area contributed by atoms with Crippen LogP contribution in [0, 0.1) is 0 Å². The maximum absolute atomic E-state index is 14.3. The molecule has 0 saturated carbocycles. The summed E-state index contributed by atoms with van der Waals surface area (Å²) in [7, 11) is -8.26. The van der Waals surface area contributed by atoms with Crippen LogP contribution in [0.4, 0.5) is 51.2 Å². The van der Waals surface area contributed by atoms with Gasteiger partial charge in [-0.2, -0.15) is 0 Å². The van der Waals surface area contributed by atoms with Crippen LogP contribution in [0.3, 0.4) is 0 Å². The number of benzene rings is 9. The minimum absolute atomic E-state index is 0.188. The molecule has 9 aromatic rings. The summed E-state index contributed by atoms with van der Waals surface area (Å²) < 4.78 is 56.4. The number of fused-ring (bicyclic) bond motifs is 8. The van der Waals surface area contributed by atoms with Gasteiger partial charge in [0, 0.05) is 52.0 Å². The second-order valence-electron chi connectivity index (χ2n) is 16.1. The smallest absolute Gasteiger partial charge is 0.209 e. The molecule has 0 N–H and O–H groups in total. The van der Waals surface area contributed by atoms with Crippen LogP contribution in [-0.2, 0) is 19.7 Å². The van der Waals surface area contributed by atoms with Crippen molar-refractivity contribution in [2.75, 3.05) is 14.7 Å². The SMILES string of the molecule is O=S1(=O)c2ccccc2S(=O)(=O)c2c(-c3ccc4c(c3)Sc3ccccc3N4c3ccc4c(c3)Sc3cc(N5c6ccccc6Sc6ccccc65)ccc3N4c3ccccc3)cccc21. The third-order valence-electron chi connectivity index (χ3n) is 12.4. The van der Waals surface area contributed by atoms with Crippen molar-refractivity contribution in [3.8, 4) is 11.1 Å². The molecule has 4 heterocycles. The highest BCUT2D eigenvalue weighted by Gasteiger charge is 2.41. The third-order valence-corrected chi connectivity index (χ3v) is 19.7. The van der Waals surface area contributed by atoms with Crippen molar-refractivity contribution in [1.29, 1.82) is 0 Å². The average Bonchev–Trinajstić information content (AvgIpc) is 3.35. The molecule has 0 aromatic heterocycles. The fraction of sp³-hybridized carbons (Fsp3) is 0. The van der Waals surface area contributed by atoms with Crippen molar-refractivity contribution >= 4 is 106 Å². The van der Waals surface area contributed by atoms with E-state index in [0.29, 0.717) is 11.1 Å². The molecule has 12 heteroatoms. The third kappa shape index (κ3) is 5.99. The number of rotatable bonds is 4. The van der Waals surface area contributed by atoms with E-state index in [4.69, 9.17) is 0 Å². The summed E-state index contributed by atoms with van der Waals surface area (Å²) >= 11 is 5.17. The van der Waals surface area contributed by atoms with Gasteiger partial charge in [-0.1, -0.05) is 120 Å². The number of hydrogen-bond acceptors (Lipinski definition) is 10. The van der Waals surface area contributed by atoms with Crippen molar-refractivity contribution < 1.29 is 16.8 Å². The van der Waals surface area contributed by atoms with E-state index in [1.54, 1.807) is 59.6 Å². The van der Waals surface area contributed by atoms with Crippen molar-refractivity contribution in [1.82, 2.24) is 0 Å². The number of para-hydroxylation sites is 4. The predicted octanol–water partition coefficient (Wildman–Crippen LogP) is 15.1. The fourth-order valence-electron chi connectivity index (χ4n) is 9.46. The molecule has 0 unspecified atom stereocenters. The maximum atomic E-state index is 14.3. The molecule has 0 atom stereocenters. The second kappa shape index (κ2) is 14.9. The molecule has 0 amide bonds. The monoisotopic (exact) mass is 947 g/mol. The van der Waals surface area contributed by atoms with Crippen molar-refractivity contribution in [2.45, 2.75) is 49.0 Å². The van der Waals surface area contributed by atoms with Crippen molar-refractivity contribution in [2.24, 2.45) is 0 Å². The molecule has 0 aliphatic carbocycles. The van der Waals surface area contributed by atoms with Crippen LogP contribution in [0.2, 0.25) is 0 Å². The lowest BCUT2D eigenvalue weighted by Gasteiger charge is -2.37. The number of sulfone groups is 2. The first-order valence-corrected chi connectivity index (χ1v) is 26.6. The topological polar surface area (TPSA) is 78.0 Å². The fourth-order valence-corrected chi connectivity index (χ4v) is 17.1. The van der Waals surface area contributed by atoms with Crippen molar-refractivity contribution in [3.05, 3.63) is 200 Å². The zero-order valence-electron chi connectivity index (χ0n) is 34.6. The Morgan fingerprint density at radius 1 is 0.303 bits per heavy atom. The van der Waals surface area contributed by atoms with Gasteiger partial charge in [0.15, 0.2) is 0 Å². The summed E-state index contributed by atoms with van der Waals surface area (Å²) in [5, 5.41) is 0. The van der Waals surface area contributed by atoms with Gasteiger partial charge in [0.05, 0.1) is 53.7 Å². The number of anilines is 9. The molecule has 9 aromatic carbocycles. The van der Waals surface area contributed by atoms with Gasteiger partial charge in [0.1, 0.15) is 0 Å². The van der Waals surface area contributed by atoms with E-state index in [1.165, 1.54) is 28.0 Å². The Bertz CT molecular complexity index is 3720. The largest absolute Gasteiger partial charge is 0.308 e. The summed E-state index contributed by atoms with van der Waals surface area (Å²) in [6.07, 6.45) is 0. The van der Waals surface area contributed by atoms with E-state index in [9.17, 15) is 16.8 Å². The van der Waals surface area contributed by atoms with E-state index < -0.39 is 19.7 Å². The highest BCUT2D eigenvalue weighted by Crippen LogP contribution is 2.58. The summed E-state index contributed by atoms with van der Waals surface area (Å²) in [4.78, 5) is 12.8. The molecular formula is C54H33N3O4S5. The lowest BCUT2D eigenvalue weighted by Crippen LogP contribution is -2.20. The Labute approximate surface area is 395 Å². The van der Waals surface area contributed by atoms with Crippen LogP contribution in [0.5, 0.6) is 0 Å². The van der Waals surface area contributed by atoms with Crippen molar-refractivity contribution in [3.63, 3.8) is 0 Å². The Morgan fingerprint density at radius 3 is 1.29 bits per heavy atom. The van der Waals surface area contributed by atoms with Gasteiger partial charge in [-0.15, -0.1) is 0 Å². The van der Waals surface area contributed by atoms with Gasteiger partial charge in [-0.25, -0.2) is 16.8 Å². The summed E-state index contributed by atoms with van der Waals surface area (Å²) in [6, 6.07) is 65.8. The maximum Gasteiger partial charge on any atom is 0.209 e. The van der Waals surface area contributed by atoms with Gasteiger partial charge in [-0.3, -0.25) is 0 Å². The van der Waals surface area contributed by atoms with Gasteiger partial charge >= 0.3 is 0 Å². The van der Waals surface area contributed by atoms with Crippen LogP contribution < -0.4 is 14.7 Å². The van der Waals surface area contributed by atoms with Crippen LogP contribution in [0.15, 0.2) is 249 Å². The summed E-state index contributed by atoms with van der Waals surface area (Å²) in [6.45, 7) is 0. The second-order valence-corrected chi connectivity index (χ2v) is 23.1. The minimum Gasteiger partial charge on any atom is -0.308 e. The summed E-state index contributed by atoms with van der Waals surface area (Å²) in [5.41, 5.74) is 10.5. The Balaban J connectivity index is 0.938. The van der Waals surface area contributed by atoms with Gasteiger partial charge in [0.2, 0.25) is 19.7 Å². The Kier molecular flexibility index (Phi) is 8.97. The van der Waals surface area contributed by atoms with Crippen LogP contribution in [-0.4, -0.2) is 16.8 Å². The molecule has 0 bridgehead atoms. The normalized spacial score (nSPS) is 15.5. The lowest BCUT2D eigenvalue weighted by atomic mass is 10.0. The molecule has 0 saturated heterocycles. The standard InChI is InChI=1S/C54H33N3O4S5/c58-65(59)51-22-10-11-23-52(51)66(60,61)54-38(15-12-24-53(54)65)34-25-28-42-48(31-34)63-47-21-9-6-18-41(47)57(42)37-27-30-44-50(33-37)64-49-32-36(26-29-43(49)55(44)35-13-2-1-3-14-35)56-39-16-4-7-19-45(39)62-46-20-8-5-17-40(46)56/h1-33H. The molecule has 0 radical (unpaired) electrons. The molecule has 318 valence electrons. The van der Waals surface area contributed by atoms with Crippen LogP contribution in [0.25, 0.3) is 11.1 Å². The first-order valence-electron chi connectivity index (χ1n) is 21.1. The van der Waals surface area contributed by atoms with Gasteiger partial charge in [0.25, 0.3) is 0 Å². The summed E-state index contributed by atoms with van der Waals surface area (Å²) in [5.74, 6) is 0. The zero-order valence-corrected chi connectivity index (χ0v) is 38.7. The zero-order chi connectivity index (χ0) is 44.3. The quantitative estimate of drug-likeness (QED) is 0.170. The number of nitrogens with zero attached hydrogens (tertiary/aromatic N) is 3. The van der Waals surface area contributed by atoms with Crippen LogP contribution >= 0.6 is 35.3 Å². The molecule has 13 rings (SSSR count). The van der Waals surface area contributed by atoms with Crippen LogP contribution in [0.1, 0.15) is 0 Å². The molecular weight excluding hydrogens is 915 g/mol. The molecule has 0 fully saturated rings. The number of hydrogen-bond donors (Lipinski definition) is 0. The minimum atomic E-state index is -4.17. The molecule has 0 spiro atoms. The first kappa shape index (κ1) is 39.7. The lowest BCUT2D eigenvalue weighted by molar-refractivity contribution is 0.570. The van der Waals surface area contributed by atoms with E-state index in [1.807, 2.05) is 36.4 Å². The molecule has 66 heavy (non-hydrogen) atoms. The molecule has 4 aliphatic rings. The molecule has 4 aliphatic heterocycles. The van der Waals surface area contributed by atoms with E-state index in [0.717, 1.165) is 70.8 Å². The van der Waals surface area contributed by atoms with Gasteiger partial charge in [-0.05, 0) is 121 Å². The Morgan fingerprint density at radius 2 is 0.712 bits per heavy atom. The van der Waals surface area contributed by atoms with Gasteiger partial charge < -0.3 is 14.7 Å². The van der Waals surface area contributed by atoms with E-state index in [-0.39, 0.29) is 19.6 Å². The van der Waals surface area contributed by atoms with E-state index >= 15 is 0 Å². The predicted molar refractivity (Wildman–Crippen MR) is 266 cm³/mol.